The summed E-state index contributed by atoms with van der Waals surface area (Å²) in [7, 11) is 0. The highest BCUT2D eigenvalue weighted by Gasteiger charge is 3.02. The van der Waals surface area contributed by atoms with Crippen LogP contribution in [0, 0.1) is 0 Å². The third-order valence-corrected chi connectivity index (χ3v) is 6.44. The second-order valence-electron chi connectivity index (χ2n) is 9.72. The van der Waals surface area contributed by atoms with E-state index in [0.29, 0.717) is 0 Å². The Hall–Kier alpha value is -2.35. The second-order valence-corrected chi connectivity index (χ2v) is 9.72. The van der Waals surface area contributed by atoms with E-state index in [2.05, 4.69) is 0 Å². The van der Waals surface area contributed by atoms with Crippen molar-refractivity contribution in [2.45, 2.75) is 101 Å². The van der Waals surface area contributed by atoms with Gasteiger partial charge in [-0.1, -0.05) is 0 Å². The van der Waals surface area contributed by atoms with E-state index in [-0.39, 0.29) is 0 Å². The average molecular weight is 864 g/mol. The molecule has 0 aliphatic carbocycles. The molecule has 34 heteroatoms. The Balaban J connectivity index is 7.80. The van der Waals surface area contributed by atoms with E-state index in [0.717, 1.165) is 0 Å². The average Bonchev–Trinajstić information content (AvgIpc) is 2.89. The van der Waals surface area contributed by atoms with Crippen LogP contribution in [0.15, 0.2) is 0 Å². The smallest absolute Gasteiger partial charge is 0.396 e. The monoisotopic (exact) mass is 864 g/mol. The predicted molar refractivity (Wildman–Crippen MR) is 92.0 cm³/mol. The van der Waals surface area contributed by atoms with Crippen molar-refractivity contribution in [2.24, 2.45) is 0 Å². The van der Waals surface area contributed by atoms with Gasteiger partial charge >= 0.3 is 95.0 Å². The van der Waals surface area contributed by atoms with Gasteiger partial charge in [-0.3, -0.25) is 0 Å². The number of halogens is 33. The maximum Gasteiger partial charge on any atom is 0.438 e. The highest BCUT2D eigenvalue weighted by molar-refractivity contribution is 5.23. The Morgan fingerprint density at radius 3 is 0.538 bits per heavy atom. The molecule has 0 heterocycles. The molecule has 0 atom stereocenters. The van der Waals surface area contributed by atoms with Gasteiger partial charge in [-0.2, -0.15) is 140 Å². The van der Waals surface area contributed by atoms with E-state index in [1.54, 1.807) is 0 Å². The number of aliphatic hydroxyl groups excluding tert-OH is 1. The first-order valence-electron chi connectivity index (χ1n) is 11.2. The number of alkyl halides is 33. The van der Waals surface area contributed by atoms with Crippen molar-refractivity contribution >= 4 is 0 Å². The van der Waals surface area contributed by atoms with Crippen molar-refractivity contribution in [3.63, 3.8) is 0 Å². The third kappa shape index (κ3) is 5.55. The highest BCUT2D eigenvalue weighted by Crippen LogP contribution is 2.70. The van der Waals surface area contributed by atoms with Crippen LogP contribution in [0.5, 0.6) is 0 Å². The first kappa shape index (κ1) is 49.6. The number of rotatable bonds is 15. The highest BCUT2D eigenvalue weighted by atomic mass is 19.4. The Kier molecular flexibility index (Phi) is 11.5. The molecule has 52 heavy (non-hydrogen) atoms. The van der Waals surface area contributed by atoms with E-state index in [1.807, 2.05) is 0 Å². The van der Waals surface area contributed by atoms with Crippen LogP contribution >= 0.6 is 0 Å². The lowest BCUT2D eigenvalue weighted by Gasteiger charge is -2.47. The van der Waals surface area contributed by atoms with Crippen molar-refractivity contribution in [1.29, 1.82) is 0 Å². The van der Waals surface area contributed by atoms with Gasteiger partial charge in [0.15, 0.2) is 0 Å². The molecule has 0 bridgehead atoms. The molecule has 0 aromatic rings. The minimum Gasteiger partial charge on any atom is -0.396 e. The van der Waals surface area contributed by atoms with Gasteiger partial charge in [0, 0.05) is 13.0 Å². The lowest BCUT2D eigenvalue weighted by Crippen LogP contribution is -2.80. The molecule has 0 unspecified atom stereocenters. The van der Waals surface area contributed by atoms with Gasteiger partial charge in [0.25, 0.3) is 0 Å². The lowest BCUT2D eigenvalue weighted by atomic mass is 9.81. The molecule has 0 saturated heterocycles. The molecule has 0 aromatic heterocycles. The summed E-state index contributed by atoms with van der Waals surface area (Å²) in [5.74, 6) is -125. The summed E-state index contributed by atoms with van der Waals surface area (Å²) >= 11 is 0. The fourth-order valence-electron chi connectivity index (χ4n) is 3.23. The fraction of sp³-hybridized carbons (Fsp3) is 1.00. The molecule has 0 amide bonds. The van der Waals surface area contributed by atoms with Crippen molar-refractivity contribution in [1.82, 2.24) is 0 Å². The summed E-state index contributed by atoms with van der Waals surface area (Å²) in [6.07, 6.45) is -21.0. The largest absolute Gasteiger partial charge is 0.438 e. The van der Waals surface area contributed by atoms with Crippen molar-refractivity contribution in [3.8, 4) is 0 Å². The van der Waals surface area contributed by atoms with Crippen molar-refractivity contribution in [3.05, 3.63) is 0 Å². The fourth-order valence-corrected chi connectivity index (χ4v) is 3.23. The quantitative estimate of drug-likeness (QED) is 0.163. The van der Waals surface area contributed by atoms with E-state index < -0.39 is 108 Å². The van der Waals surface area contributed by atoms with Crippen molar-refractivity contribution < 1.29 is 150 Å². The Labute approximate surface area is 259 Å². The van der Waals surface area contributed by atoms with Crippen LogP contribution in [0.2, 0.25) is 0 Å². The normalized spacial score (nSPS) is 17.2. The molecule has 0 radical (unpaired) electrons. The van der Waals surface area contributed by atoms with Gasteiger partial charge in [-0.05, 0) is 0 Å². The van der Waals surface area contributed by atoms with E-state index >= 15 is 0 Å². The minimum absolute atomic E-state index is 2.58. The molecule has 0 spiro atoms. The second kappa shape index (κ2) is 12.1. The van der Waals surface area contributed by atoms with E-state index in [9.17, 15) is 145 Å². The summed E-state index contributed by atoms with van der Waals surface area (Å²) in [6, 6.07) is 0. The standard InChI is InChI=1S/C18H5F33O/c19-3(20,1-2-52)5(22,23)7(26,27)9(30,31)11(34,35)13(38,39)15(42,43)16(44,45)14(40,41)12(36,37)10(32,33)8(28,29)6(24,25)4(21,17(46,47)48)18(49,50)51/h52H,1-2H2. The summed E-state index contributed by atoms with van der Waals surface area (Å²) in [5.41, 5.74) is -9.42. The summed E-state index contributed by atoms with van der Waals surface area (Å²) in [6.45, 7) is -2.58. The van der Waals surface area contributed by atoms with Crippen LogP contribution in [0.4, 0.5) is 145 Å². The molecule has 1 nitrogen and oxygen atoms in total. The van der Waals surface area contributed by atoms with Crippen molar-refractivity contribution in [2.75, 3.05) is 6.61 Å². The number of hydrogen-bond donors (Lipinski definition) is 1. The predicted octanol–water partition coefficient (Wildman–Crippen LogP) is 10.5. The molecular weight excluding hydrogens is 859 g/mol. The first-order valence-corrected chi connectivity index (χ1v) is 11.2. The number of aliphatic hydroxyl groups is 1. The van der Waals surface area contributed by atoms with Gasteiger partial charge in [0.1, 0.15) is 0 Å². The Bertz CT molecular complexity index is 1260. The van der Waals surface area contributed by atoms with Gasteiger partial charge < -0.3 is 5.11 Å². The SMILES string of the molecule is OCCC(F)(F)C(F)(F)C(F)(F)C(F)(F)C(F)(F)C(F)(F)C(F)(F)C(F)(F)C(F)(F)C(F)(F)C(F)(F)C(F)(F)C(F)(F)C(F)(C(F)(F)F)C(F)(F)F. The van der Waals surface area contributed by atoms with Crippen LogP contribution in [0.25, 0.3) is 0 Å². The third-order valence-electron chi connectivity index (χ3n) is 6.44. The molecule has 0 aromatic carbocycles. The maximum atomic E-state index is 13.8. The molecule has 0 rings (SSSR count). The Morgan fingerprint density at radius 2 is 0.385 bits per heavy atom. The van der Waals surface area contributed by atoms with E-state index in [4.69, 9.17) is 5.11 Å². The van der Waals surface area contributed by atoms with Crippen LogP contribution < -0.4 is 0 Å². The Morgan fingerprint density at radius 1 is 0.231 bits per heavy atom. The molecule has 0 fully saturated rings. The molecule has 0 aliphatic heterocycles. The zero-order valence-electron chi connectivity index (χ0n) is 22.3. The first-order chi connectivity index (χ1) is 21.8. The minimum atomic E-state index is -10.2. The molecule has 0 saturated carbocycles. The zero-order valence-corrected chi connectivity index (χ0v) is 22.3. The van der Waals surface area contributed by atoms with Crippen LogP contribution in [0.1, 0.15) is 6.42 Å². The molecular formula is C18H5F33O. The van der Waals surface area contributed by atoms with Crippen LogP contribution in [0.3, 0.4) is 0 Å². The summed E-state index contributed by atoms with van der Waals surface area (Å²) in [5, 5.41) is 8.03. The maximum absolute atomic E-state index is 13.8. The van der Waals surface area contributed by atoms with E-state index in [1.165, 1.54) is 0 Å². The topological polar surface area (TPSA) is 20.2 Å². The van der Waals surface area contributed by atoms with Gasteiger partial charge in [0.05, 0.1) is 0 Å². The molecule has 0 aliphatic rings. The van der Waals surface area contributed by atoms with Crippen LogP contribution in [-0.4, -0.2) is 107 Å². The van der Waals surface area contributed by atoms with Gasteiger partial charge in [-0.25, -0.2) is 4.39 Å². The van der Waals surface area contributed by atoms with Gasteiger partial charge in [-0.15, -0.1) is 0 Å². The summed E-state index contributed by atoms with van der Waals surface area (Å²) < 4.78 is 443. The summed E-state index contributed by atoms with van der Waals surface area (Å²) in [4.78, 5) is 0. The molecule has 1 N–H and O–H groups in total. The van der Waals surface area contributed by atoms with Gasteiger partial charge in [0.2, 0.25) is 0 Å². The lowest BCUT2D eigenvalue weighted by molar-refractivity contribution is -0.492. The molecule has 314 valence electrons. The zero-order chi connectivity index (χ0) is 43.4. The van der Waals surface area contributed by atoms with Crippen LogP contribution in [-0.2, 0) is 0 Å². The number of hydrogen-bond acceptors (Lipinski definition) is 1.